The molecule has 0 spiro atoms. The lowest BCUT2D eigenvalue weighted by atomic mass is 9.94. The van der Waals surface area contributed by atoms with Crippen molar-refractivity contribution in [2.75, 3.05) is 37.6 Å². The van der Waals surface area contributed by atoms with Crippen molar-refractivity contribution in [1.82, 2.24) is 0 Å². The summed E-state index contributed by atoms with van der Waals surface area (Å²) >= 11 is 12.8. The van der Waals surface area contributed by atoms with Crippen molar-refractivity contribution < 1.29 is 24.2 Å². The second-order valence-electron chi connectivity index (χ2n) is 8.55. The molecule has 3 aromatic carbocycles. The molecule has 1 N–H and O–H groups in total. The number of rotatable bonds is 7. The number of carbonyl (C=O) groups excluding carboxylic acids is 2. The van der Waals surface area contributed by atoms with Gasteiger partial charge in [0.1, 0.15) is 17.3 Å². The Morgan fingerprint density at radius 2 is 1.70 bits per heavy atom. The summed E-state index contributed by atoms with van der Waals surface area (Å²) in [5.41, 5.74) is 2.03. The minimum absolute atomic E-state index is 0.0925. The number of nitrogens with zero attached hydrogens (tertiary/aromatic N) is 2. The standard InChI is InChI=1S/C28H26Cl2N2O5/c1-5-37-19-11-12-21(29)20(15-19)26(33)24-25(16-6-8-17(9-7-16)31(2)3)32(28(35)27(24)34)18-10-13-23(36-4)22(30)14-18/h6-15,25,33H,5H2,1-4H3/b26-24+. The van der Waals surface area contributed by atoms with Crippen molar-refractivity contribution in [2.24, 2.45) is 0 Å². The van der Waals surface area contributed by atoms with E-state index < -0.39 is 23.5 Å². The van der Waals surface area contributed by atoms with Crippen molar-refractivity contribution in [3.8, 4) is 11.5 Å². The first kappa shape index (κ1) is 26.4. The summed E-state index contributed by atoms with van der Waals surface area (Å²) < 4.78 is 10.8. The van der Waals surface area contributed by atoms with Gasteiger partial charge in [-0.2, -0.15) is 0 Å². The van der Waals surface area contributed by atoms with Crippen LogP contribution in [0.3, 0.4) is 0 Å². The maximum absolute atomic E-state index is 13.4. The maximum atomic E-state index is 13.4. The molecule has 1 saturated heterocycles. The minimum atomic E-state index is -0.938. The van der Waals surface area contributed by atoms with Crippen LogP contribution in [0.25, 0.3) is 5.76 Å². The Hall–Kier alpha value is -3.68. The van der Waals surface area contributed by atoms with Crippen LogP contribution in [0.5, 0.6) is 11.5 Å². The number of aliphatic hydroxyl groups excluding tert-OH is 1. The quantitative estimate of drug-likeness (QED) is 0.222. The van der Waals surface area contributed by atoms with E-state index in [0.717, 1.165) is 5.69 Å². The molecule has 0 aliphatic carbocycles. The number of anilines is 2. The normalized spacial score (nSPS) is 16.7. The van der Waals surface area contributed by atoms with E-state index >= 15 is 0 Å². The Bertz CT molecular complexity index is 1390. The van der Waals surface area contributed by atoms with Crippen LogP contribution < -0.4 is 19.3 Å². The lowest BCUT2D eigenvalue weighted by Gasteiger charge is -2.26. The van der Waals surface area contributed by atoms with Gasteiger partial charge >= 0.3 is 0 Å². The molecule has 9 heteroatoms. The van der Waals surface area contributed by atoms with Gasteiger partial charge in [0.15, 0.2) is 0 Å². The number of benzene rings is 3. The summed E-state index contributed by atoms with van der Waals surface area (Å²) in [4.78, 5) is 30.1. The van der Waals surface area contributed by atoms with E-state index in [1.807, 2.05) is 50.2 Å². The Labute approximate surface area is 225 Å². The third-order valence-corrected chi connectivity index (χ3v) is 6.71. The Morgan fingerprint density at radius 1 is 1.00 bits per heavy atom. The number of ketones is 1. The van der Waals surface area contributed by atoms with Gasteiger partial charge in [-0.25, -0.2) is 0 Å². The molecule has 3 aromatic rings. The van der Waals surface area contributed by atoms with Crippen LogP contribution in [-0.2, 0) is 9.59 Å². The first-order chi connectivity index (χ1) is 17.7. The minimum Gasteiger partial charge on any atom is -0.507 e. The van der Waals surface area contributed by atoms with Crippen LogP contribution in [0, 0.1) is 0 Å². The highest BCUT2D eigenvalue weighted by atomic mass is 35.5. The number of methoxy groups -OCH3 is 1. The summed E-state index contributed by atoms with van der Waals surface area (Å²) in [5, 5.41) is 11.9. The van der Waals surface area contributed by atoms with Gasteiger partial charge in [0.05, 0.1) is 35.4 Å². The van der Waals surface area contributed by atoms with Crippen molar-refractivity contribution in [3.05, 3.63) is 87.4 Å². The SMILES string of the molecule is CCOc1ccc(Cl)c(/C(O)=C2\C(=O)C(=O)N(c3ccc(OC)c(Cl)c3)C2c2ccc(N(C)C)cc2)c1. The summed E-state index contributed by atoms with van der Waals surface area (Å²) in [6, 6.07) is 16.0. The Morgan fingerprint density at radius 3 is 2.30 bits per heavy atom. The first-order valence-electron chi connectivity index (χ1n) is 11.5. The van der Waals surface area contributed by atoms with Gasteiger partial charge in [-0.1, -0.05) is 35.3 Å². The van der Waals surface area contributed by atoms with Gasteiger partial charge in [0.2, 0.25) is 0 Å². The van der Waals surface area contributed by atoms with Gasteiger partial charge in [-0.05, 0) is 61.0 Å². The van der Waals surface area contributed by atoms with Crippen LogP contribution in [0.15, 0.2) is 66.2 Å². The molecule has 0 saturated carbocycles. The van der Waals surface area contributed by atoms with E-state index in [4.69, 9.17) is 32.7 Å². The summed E-state index contributed by atoms with van der Waals surface area (Å²) in [7, 11) is 5.31. The molecule has 4 rings (SSSR count). The maximum Gasteiger partial charge on any atom is 0.300 e. The van der Waals surface area contributed by atoms with E-state index in [9.17, 15) is 14.7 Å². The molecule has 7 nitrogen and oxygen atoms in total. The fourth-order valence-electron chi connectivity index (χ4n) is 4.26. The van der Waals surface area contributed by atoms with Gasteiger partial charge in [-0.15, -0.1) is 0 Å². The molecule has 192 valence electrons. The van der Waals surface area contributed by atoms with Gasteiger partial charge < -0.3 is 19.5 Å². The van der Waals surface area contributed by atoms with Crippen LogP contribution in [0.4, 0.5) is 11.4 Å². The molecule has 0 radical (unpaired) electrons. The summed E-state index contributed by atoms with van der Waals surface area (Å²) in [6.07, 6.45) is 0. The topological polar surface area (TPSA) is 79.3 Å². The number of ether oxygens (including phenoxy) is 2. The molecule has 1 atom stereocenters. The third-order valence-electron chi connectivity index (χ3n) is 6.09. The number of carbonyl (C=O) groups is 2. The number of amides is 1. The molecule has 1 aliphatic rings. The molecule has 1 fully saturated rings. The lowest BCUT2D eigenvalue weighted by Crippen LogP contribution is -2.29. The highest BCUT2D eigenvalue weighted by Crippen LogP contribution is 2.44. The van der Waals surface area contributed by atoms with E-state index in [1.165, 1.54) is 12.0 Å². The number of Topliss-reactive ketones (excluding diaryl/α,β-unsaturated/α-hetero) is 1. The fraction of sp³-hybridized carbons (Fsp3) is 0.214. The highest BCUT2D eigenvalue weighted by Gasteiger charge is 2.47. The van der Waals surface area contributed by atoms with Crippen molar-refractivity contribution in [3.63, 3.8) is 0 Å². The van der Waals surface area contributed by atoms with Gasteiger partial charge in [0, 0.05) is 31.0 Å². The molecule has 0 bridgehead atoms. The largest absolute Gasteiger partial charge is 0.507 e. The molecule has 1 amide bonds. The second-order valence-corrected chi connectivity index (χ2v) is 9.36. The zero-order valence-electron chi connectivity index (χ0n) is 20.8. The van der Waals surface area contributed by atoms with E-state index in [1.54, 1.807) is 36.4 Å². The number of hydrogen-bond acceptors (Lipinski definition) is 6. The highest BCUT2D eigenvalue weighted by molar-refractivity contribution is 6.52. The van der Waals surface area contributed by atoms with E-state index in [0.29, 0.717) is 29.4 Å². The van der Waals surface area contributed by atoms with Crippen molar-refractivity contribution >= 4 is 52.0 Å². The van der Waals surface area contributed by atoms with Crippen molar-refractivity contribution in [1.29, 1.82) is 0 Å². The number of aliphatic hydroxyl groups is 1. The fourth-order valence-corrected chi connectivity index (χ4v) is 4.72. The van der Waals surface area contributed by atoms with Crippen LogP contribution in [-0.4, -0.2) is 44.6 Å². The molecular weight excluding hydrogens is 515 g/mol. The van der Waals surface area contributed by atoms with Crippen LogP contribution in [0.1, 0.15) is 24.1 Å². The third kappa shape index (κ3) is 4.97. The summed E-state index contributed by atoms with van der Waals surface area (Å²) in [5.74, 6) is -1.15. The predicted molar refractivity (Wildman–Crippen MR) is 146 cm³/mol. The molecule has 37 heavy (non-hydrogen) atoms. The smallest absolute Gasteiger partial charge is 0.300 e. The van der Waals surface area contributed by atoms with Gasteiger partial charge in [0.25, 0.3) is 11.7 Å². The molecule has 1 unspecified atom stereocenters. The molecular formula is C28H26Cl2N2O5. The molecule has 1 heterocycles. The van der Waals surface area contributed by atoms with Crippen LogP contribution in [0.2, 0.25) is 10.0 Å². The zero-order chi connectivity index (χ0) is 26.9. The summed E-state index contributed by atoms with van der Waals surface area (Å²) in [6.45, 7) is 2.24. The number of halogens is 2. The molecule has 1 aliphatic heterocycles. The van der Waals surface area contributed by atoms with Gasteiger partial charge in [-0.3, -0.25) is 14.5 Å². The second kappa shape index (κ2) is 10.7. The van der Waals surface area contributed by atoms with E-state index in [-0.39, 0.29) is 21.2 Å². The van der Waals surface area contributed by atoms with Crippen molar-refractivity contribution in [2.45, 2.75) is 13.0 Å². The average Bonchev–Trinajstić information content (AvgIpc) is 3.15. The monoisotopic (exact) mass is 540 g/mol. The molecule has 0 aromatic heterocycles. The Kier molecular flexibility index (Phi) is 7.66. The lowest BCUT2D eigenvalue weighted by molar-refractivity contribution is -0.132. The average molecular weight is 541 g/mol. The number of hydrogen-bond donors (Lipinski definition) is 1. The van der Waals surface area contributed by atoms with Crippen LogP contribution >= 0.6 is 23.2 Å². The first-order valence-corrected chi connectivity index (χ1v) is 12.3. The predicted octanol–water partition coefficient (Wildman–Crippen LogP) is 6.09. The Balaban J connectivity index is 1.95. The zero-order valence-corrected chi connectivity index (χ0v) is 22.3. The van der Waals surface area contributed by atoms with E-state index in [2.05, 4.69) is 0 Å².